The third kappa shape index (κ3) is 4.23. The number of carbonyl (C=O) groups is 1. The van der Waals surface area contributed by atoms with Gasteiger partial charge in [-0.3, -0.25) is 4.79 Å². The second-order valence-corrected chi connectivity index (χ2v) is 6.73. The fourth-order valence-electron chi connectivity index (χ4n) is 2.71. The third-order valence-electron chi connectivity index (χ3n) is 3.73. The summed E-state index contributed by atoms with van der Waals surface area (Å²) in [5, 5.41) is 4.05. The molecule has 1 heterocycles. The Morgan fingerprint density at radius 1 is 1.50 bits per heavy atom. The van der Waals surface area contributed by atoms with Gasteiger partial charge in [0.25, 0.3) is 5.91 Å². The lowest BCUT2D eigenvalue weighted by Crippen LogP contribution is -2.38. The minimum absolute atomic E-state index is 0.0378. The first-order valence-corrected chi connectivity index (χ1v) is 8.58. The second kappa shape index (κ2) is 7.67. The lowest BCUT2D eigenvalue weighted by molar-refractivity contribution is 0.0917. The average molecular weight is 292 g/mol. The number of nitrogens with one attached hydrogen (secondary N) is 1. The molecule has 0 spiro atoms. The normalized spacial score (nSPS) is 22.5. The van der Waals surface area contributed by atoms with Crippen molar-refractivity contribution in [2.75, 3.05) is 5.75 Å². The number of carbonyl (C=O) groups excluding carboxylic acids is 1. The Balaban J connectivity index is 2.01. The Hall–Kier alpha value is -1.03. The maximum absolute atomic E-state index is 12.4. The summed E-state index contributed by atoms with van der Waals surface area (Å²) in [4.78, 5) is 16.8. The monoisotopic (exact) mass is 292 g/mol. The highest BCUT2D eigenvalue weighted by Crippen LogP contribution is 2.25. The van der Waals surface area contributed by atoms with Crippen molar-refractivity contribution >= 4 is 17.7 Å². The van der Waals surface area contributed by atoms with E-state index in [9.17, 15) is 4.79 Å². The van der Waals surface area contributed by atoms with E-state index in [2.05, 4.69) is 24.1 Å². The molecule has 1 fully saturated rings. The van der Waals surface area contributed by atoms with E-state index < -0.39 is 0 Å². The predicted molar refractivity (Wildman–Crippen MR) is 84.1 cm³/mol. The molecule has 1 aliphatic carbocycles. The van der Waals surface area contributed by atoms with Crippen LogP contribution in [0.2, 0.25) is 0 Å². The number of pyridine rings is 1. The zero-order valence-corrected chi connectivity index (χ0v) is 13.2. The lowest BCUT2D eigenvalue weighted by Gasteiger charge is -2.27. The van der Waals surface area contributed by atoms with Crippen LogP contribution in [0.4, 0.5) is 0 Å². The third-order valence-corrected chi connectivity index (χ3v) is 4.94. The van der Waals surface area contributed by atoms with Gasteiger partial charge in [0.1, 0.15) is 5.03 Å². The number of hydrogen-bond donors (Lipinski definition) is 1. The summed E-state index contributed by atoms with van der Waals surface area (Å²) in [6, 6.07) is 4.05. The van der Waals surface area contributed by atoms with Gasteiger partial charge in [-0.05, 0) is 43.1 Å². The minimum atomic E-state index is 0.0378. The molecule has 2 rings (SSSR count). The van der Waals surface area contributed by atoms with Gasteiger partial charge >= 0.3 is 0 Å². The minimum Gasteiger partial charge on any atom is -0.349 e. The maximum atomic E-state index is 12.4. The average Bonchev–Trinajstić information content (AvgIpc) is 2.45. The van der Waals surface area contributed by atoms with E-state index in [4.69, 9.17) is 0 Å². The van der Waals surface area contributed by atoms with E-state index in [1.807, 2.05) is 12.1 Å². The maximum Gasteiger partial charge on any atom is 0.254 e. The number of thioether (sulfide) groups is 1. The van der Waals surface area contributed by atoms with Crippen LogP contribution in [-0.4, -0.2) is 22.7 Å². The molecule has 110 valence electrons. The molecular formula is C16H24N2OS. The molecule has 3 nitrogen and oxygen atoms in total. The Labute approximate surface area is 125 Å². The van der Waals surface area contributed by atoms with E-state index in [0.717, 1.165) is 41.5 Å². The topological polar surface area (TPSA) is 42.0 Å². The highest BCUT2D eigenvalue weighted by molar-refractivity contribution is 7.99. The molecule has 2 unspecified atom stereocenters. The zero-order chi connectivity index (χ0) is 14.4. The van der Waals surface area contributed by atoms with Crippen LogP contribution in [0.1, 0.15) is 56.3 Å². The number of amides is 1. The molecule has 1 aromatic rings. The lowest BCUT2D eigenvalue weighted by atomic mass is 9.87. The molecule has 1 amide bonds. The summed E-state index contributed by atoms with van der Waals surface area (Å²) in [6.07, 6.45) is 7.56. The van der Waals surface area contributed by atoms with Crippen molar-refractivity contribution in [1.29, 1.82) is 0 Å². The first-order chi connectivity index (χ1) is 9.70. The van der Waals surface area contributed by atoms with Crippen LogP contribution in [0.3, 0.4) is 0 Å². The molecule has 0 aliphatic heterocycles. The molecule has 4 heteroatoms. The van der Waals surface area contributed by atoms with Gasteiger partial charge in [-0.15, -0.1) is 11.8 Å². The molecule has 1 N–H and O–H groups in total. The summed E-state index contributed by atoms with van der Waals surface area (Å²) < 4.78 is 0. The van der Waals surface area contributed by atoms with Crippen molar-refractivity contribution in [3.8, 4) is 0 Å². The molecule has 20 heavy (non-hydrogen) atoms. The van der Waals surface area contributed by atoms with Gasteiger partial charge in [0.2, 0.25) is 0 Å². The smallest absolute Gasteiger partial charge is 0.254 e. The van der Waals surface area contributed by atoms with Gasteiger partial charge in [0.05, 0.1) is 5.56 Å². The van der Waals surface area contributed by atoms with Gasteiger partial charge in [-0.25, -0.2) is 4.98 Å². The zero-order valence-electron chi connectivity index (χ0n) is 12.4. The van der Waals surface area contributed by atoms with Crippen molar-refractivity contribution < 1.29 is 4.79 Å². The van der Waals surface area contributed by atoms with Crippen molar-refractivity contribution in [1.82, 2.24) is 10.3 Å². The number of nitrogens with zero attached hydrogens (tertiary/aromatic N) is 1. The van der Waals surface area contributed by atoms with E-state index in [0.29, 0.717) is 6.04 Å². The van der Waals surface area contributed by atoms with Crippen molar-refractivity contribution in [3.05, 3.63) is 23.9 Å². The van der Waals surface area contributed by atoms with Gasteiger partial charge in [0.15, 0.2) is 0 Å². The molecule has 0 aromatic carbocycles. The second-order valence-electron chi connectivity index (χ2n) is 5.65. The largest absolute Gasteiger partial charge is 0.349 e. The number of rotatable bonds is 5. The molecule has 0 radical (unpaired) electrons. The Morgan fingerprint density at radius 2 is 2.35 bits per heavy atom. The van der Waals surface area contributed by atoms with Gasteiger partial charge in [-0.2, -0.15) is 0 Å². The summed E-state index contributed by atoms with van der Waals surface area (Å²) >= 11 is 1.67. The summed E-state index contributed by atoms with van der Waals surface area (Å²) in [5.41, 5.74) is 0.726. The summed E-state index contributed by atoms with van der Waals surface area (Å²) in [7, 11) is 0. The molecular weight excluding hydrogens is 268 g/mol. The van der Waals surface area contributed by atoms with Crippen LogP contribution in [-0.2, 0) is 0 Å². The molecule has 0 saturated heterocycles. The Morgan fingerprint density at radius 3 is 3.10 bits per heavy atom. The van der Waals surface area contributed by atoms with E-state index in [-0.39, 0.29) is 5.91 Å². The highest BCUT2D eigenvalue weighted by atomic mass is 32.2. The van der Waals surface area contributed by atoms with Gasteiger partial charge in [0, 0.05) is 12.2 Å². The van der Waals surface area contributed by atoms with Gasteiger partial charge in [-0.1, -0.05) is 26.7 Å². The molecule has 0 bridgehead atoms. The SMILES string of the molecule is CCCSc1ncccc1C(=O)NC1CCCC(C)C1. The van der Waals surface area contributed by atoms with Crippen molar-refractivity contribution in [3.63, 3.8) is 0 Å². The van der Waals surface area contributed by atoms with E-state index in [1.165, 1.54) is 12.8 Å². The molecule has 1 aromatic heterocycles. The first kappa shape index (κ1) is 15.4. The van der Waals surface area contributed by atoms with Crippen LogP contribution in [0, 0.1) is 5.92 Å². The van der Waals surface area contributed by atoms with Gasteiger partial charge < -0.3 is 5.32 Å². The molecule has 1 saturated carbocycles. The molecule has 2 atom stereocenters. The van der Waals surface area contributed by atoms with E-state index in [1.54, 1.807) is 18.0 Å². The number of hydrogen-bond acceptors (Lipinski definition) is 3. The quantitative estimate of drug-likeness (QED) is 0.837. The van der Waals surface area contributed by atoms with Crippen LogP contribution < -0.4 is 5.32 Å². The summed E-state index contributed by atoms with van der Waals surface area (Å²) in [6.45, 7) is 4.41. The first-order valence-electron chi connectivity index (χ1n) is 7.59. The fraction of sp³-hybridized carbons (Fsp3) is 0.625. The van der Waals surface area contributed by atoms with Crippen LogP contribution in [0.25, 0.3) is 0 Å². The Kier molecular flexibility index (Phi) is 5.89. The predicted octanol–water partition coefficient (Wildman–Crippen LogP) is 3.89. The van der Waals surface area contributed by atoms with Crippen LogP contribution in [0.5, 0.6) is 0 Å². The fourth-order valence-corrected chi connectivity index (χ4v) is 3.55. The molecule has 1 aliphatic rings. The van der Waals surface area contributed by atoms with Crippen molar-refractivity contribution in [2.45, 2.75) is 57.0 Å². The van der Waals surface area contributed by atoms with Crippen LogP contribution >= 0.6 is 11.8 Å². The van der Waals surface area contributed by atoms with Crippen LogP contribution in [0.15, 0.2) is 23.4 Å². The number of aromatic nitrogens is 1. The standard InChI is InChI=1S/C16H24N2OS/c1-3-10-20-16-14(8-5-9-17-16)15(19)18-13-7-4-6-12(2)11-13/h5,8-9,12-13H,3-4,6-7,10-11H2,1-2H3,(H,18,19). The Bertz CT molecular complexity index is 450. The van der Waals surface area contributed by atoms with E-state index >= 15 is 0 Å². The summed E-state index contributed by atoms with van der Waals surface area (Å²) in [5.74, 6) is 1.75. The van der Waals surface area contributed by atoms with Crippen molar-refractivity contribution in [2.24, 2.45) is 5.92 Å². The highest BCUT2D eigenvalue weighted by Gasteiger charge is 2.22.